The second-order valence-electron chi connectivity index (χ2n) is 9.40. The molecule has 1 atom stereocenters. The third-order valence-corrected chi connectivity index (χ3v) is 6.41. The number of carboxylic acids is 1. The van der Waals surface area contributed by atoms with E-state index in [1.165, 1.54) is 0 Å². The van der Waals surface area contributed by atoms with Crippen LogP contribution in [0.15, 0.2) is 101 Å². The Morgan fingerprint density at radius 1 is 1.00 bits per heavy atom. The Kier molecular flexibility index (Phi) is 9.84. The van der Waals surface area contributed by atoms with Gasteiger partial charge in [-0.05, 0) is 41.8 Å². The lowest BCUT2D eigenvalue weighted by molar-refractivity contribution is -0.140. The molecule has 3 aromatic carbocycles. The lowest BCUT2D eigenvalue weighted by Crippen LogP contribution is -2.41. The van der Waals surface area contributed by atoms with Gasteiger partial charge in [0.1, 0.15) is 23.2 Å². The lowest BCUT2D eigenvalue weighted by Gasteiger charge is -2.20. The molecule has 0 aliphatic heterocycles. The van der Waals surface area contributed by atoms with Crippen LogP contribution in [0.1, 0.15) is 29.5 Å². The Labute approximate surface area is 236 Å². The molecule has 0 fully saturated rings. The number of nitrogens with zero attached hydrogens (tertiary/aromatic N) is 1. The highest BCUT2D eigenvalue weighted by atomic mass is 19.4. The van der Waals surface area contributed by atoms with Crippen molar-refractivity contribution in [2.75, 3.05) is 6.61 Å². The Balaban J connectivity index is 1.35. The van der Waals surface area contributed by atoms with E-state index in [1.807, 2.05) is 37.3 Å². The van der Waals surface area contributed by atoms with E-state index in [0.29, 0.717) is 42.2 Å². The van der Waals surface area contributed by atoms with Crippen LogP contribution < -0.4 is 10.1 Å². The number of ether oxygens (including phenoxy) is 1. The van der Waals surface area contributed by atoms with Gasteiger partial charge < -0.3 is 19.6 Å². The summed E-state index contributed by atoms with van der Waals surface area (Å²) in [7, 11) is 0. The fourth-order valence-electron chi connectivity index (χ4n) is 4.26. The van der Waals surface area contributed by atoms with E-state index in [1.54, 1.807) is 54.6 Å². The standard InChI is InChI=1S/C32H31F3N2O4/c1-2-28-26(37-30(41-28)24-11-7-4-8-12-24)19-20-40-25-16-13-23(14-17-25)21-27(31(38)39)36-29(32(33,34)35)18-15-22-9-5-3-6-10-22/h3-14,16-18,27,36H,2,15,19-21H2,1H3,(H,38,39)/b29-18-/t27-/m0/s1. The van der Waals surface area contributed by atoms with Gasteiger partial charge in [0, 0.05) is 24.8 Å². The maximum Gasteiger partial charge on any atom is 0.430 e. The van der Waals surface area contributed by atoms with E-state index in [4.69, 9.17) is 9.15 Å². The number of hydrogen-bond acceptors (Lipinski definition) is 5. The number of aliphatic carboxylic acids is 1. The zero-order chi connectivity index (χ0) is 29.2. The Morgan fingerprint density at radius 3 is 2.27 bits per heavy atom. The van der Waals surface area contributed by atoms with Crippen molar-refractivity contribution in [1.29, 1.82) is 0 Å². The first-order valence-electron chi connectivity index (χ1n) is 13.3. The van der Waals surface area contributed by atoms with E-state index in [0.717, 1.165) is 23.1 Å². The summed E-state index contributed by atoms with van der Waals surface area (Å²) in [5.41, 5.74) is 1.87. The average molecular weight is 565 g/mol. The normalized spacial score (nSPS) is 12.6. The third-order valence-electron chi connectivity index (χ3n) is 6.41. The zero-order valence-electron chi connectivity index (χ0n) is 22.5. The minimum Gasteiger partial charge on any atom is -0.493 e. The molecular formula is C32H31F3N2O4. The van der Waals surface area contributed by atoms with Crippen LogP contribution in [0.5, 0.6) is 5.75 Å². The summed E-state index contributed by atoms with van der Waals surface area (Å²) in [6.07, 6.45) is -2.65. The maximum absolute atomic E-state index is 13.7. The van der Waals surface area contributed by atoms with Gasteiger partial charge in [-0.2, -0.15) is 13.2 Å². The predicted octanol–water partition coefficient (Wildman–Crippen LogP) is 6.80. The number of rotatable bonds is 13. The number of halogens is 3. The zero-order valence-corrected chi connectivity index (χ0v) is 22.5. The van der Waals surface area contributed by atoms with E-state index >= 15 is 0 Å². The molecule has 0 spiro atoms. The summed E-state index contributed by atoms with van der Waals surface area (Å²) in [6.45, 7) is 2.34. The molecule has 214 valence electrons. The van der Waals surface area contributed by atoms with Crippen molar-refractivity contribution in [1.82, 2.24) is 10.3 Å². The molecule has 0 amide bonds. The van der Waals surface area contributed by atoms with Gasteiger partial charge in [0.15, 0.2) is 0 Å². The fraction of sp³-hybridized carbons (Fsp3) is 0.250. The largest absolute Gasteiger partial charge is 0.493 e. The summed E-state index contributed by atoms with van der Waals surface area (Å²) < 4.78 is 52.8. The number of carboxylic acid groups (broad SMARTS) is 1. The number of carbonyl (C=O) groups is 1. The quantitative estimate of drug-likeness (QED) is 0.186. The van der Waals surface area contributed by atoms with Crippen LogP contribution in [0.2, 0.25) is 0 Å². The number of oxazole rings is 1. The van der Waals surface area contributed by atoms with Crippen LogP contribution in [-0.4, -0.2) is 34.9 Å². The van der Waals surface area contributed by atoms with Crippen LogP contribution in [0.3, 0.4) is 0 Å². The van der Waals surface area contributed by atoms with Gasteiger partial charge in [-0.25, -0.2) is 9.78 Å². The summed E-state index contributed by atoms with van der Waals surface area (Å²) in [5, 5.41) is 11.8. The average Bonchev–Trinajstić information content (AvgIpc) is 3.39. The molecule has 4 aromatic rings. The summed E-state index contributed by atoms with van der Waals surface area (Å²) in [4.78, 5) is 16.5. The van der Waals surface area contributed by atoms with Gasteiger partial charge in [0.2, 0.25) is 5.89 Å². The molecule has 1 heterocycles. The van der Waals surface area contributed by atoms with Crippen LogP contribution in [0, 0.1) is 0 Å². The van der Waals surface area contributed by atoms with E-state index in [9.17, 15) is 23.1 Å². The number of nitrogens with one attached hydrogen (secondary N) is 1. The van der Waals surface area contributed by atoms with Crippen LogP contribution in [-0.2, 0) is 30.5 Å². The third kappa shape index (κ3) is 8.48. The molecule has 6 nitrogen and oxygen atoms in total. The van der Waals surface area contributed by atoms with Crippen LogP contribution in [0.25, 0.3) is 11.5 Å². The summed E-state index contributed by atoms with van der Waals surface area (Å²) in [5.74, 6) is 0.532. The van der Waals surface area contributed by atoms with E-state index in [-0.39, 0.29) is 12.8 Å². The number of aromatic nitrogens is 1. The molecule has 0 aliphatic carbocycles. The Hall–Kier alpha value is -4.53. The SMILES string of the molecule is CCc1oc(-c2ccccc2)nc1CCOc1ccc(C[C@H](N/C(=C\Cc2ccccc2)C(F)(F)F)C(=O)O)cc1. The highest BCUT2D eigenvalue weighted by molar-refractivity contribution is 5.74. The first kappa shape index (κ1) is 29.5. The molecule has 0 unspecified atom stereocenters. The summed E-state index contributed by atoms with van der Waals surface area (Å²) in [6, 6.07) is 23.5. The fourth-order valence-corrected chi connectivity index (χ4v) is 4.26. The van der Waals surface area contributed by atoms with E-state index < -0.39 is 23.9 Å². The van der Waals surface area contributed by atoms with Crippen molar-refractivity contribution in [2.24, 2.45) is 0 Å². The number of benzene rings is 3. The molecule has 0 saturated carbocycles. The highest BCUT2D eigenvalue weighted by Gasteiger charge is 2.36. The van der Waals surface area contributed by atoms with Gasteiger partial charge in [0.25, 0.3) is 0 Å². The minimum atomic E-state index is -4.72. The van der Waals surface area contributed by atoms with Gasteiger partial charge in [-0.3, -0.25) is 0 Å². The topological polar surface area (TPSA) is 84.6 Å². The van der Waals surface area contributed by atoms with Crippen LogP contribution >= 0.6 is 0 Å². The molecule has 0 radical (unpaired) electrons. The predicted molar refractivity (Wildman–Crippen MR) is 150 cm³/mol. The molecule has 0 saturated heterocycles. The van der Waals surface area contributed by atoms with Gasteiger partial charge in [-0.15, -0.1) is 0 Å². The smallest absolute Gasteiger partial charge is 0.430 e. The van der Waals surface area contributed by atoms with Crippen molar-refractivity contribution in [3.05, 3.63) is 119 Å². The molecule has 41 heavy (non-hydrogen) atoms. The molecule has 1 aromatic heterocycles. The first-order chi connectivity index (χ1) is 19.7. The summed E-state index contributed by atoms with van der Waals surface area (Å²) >= 11 is 0. The Morgan fingerprint density at radius 2 is 1.66 bits per heavy atom. The first-order valence-corrected chi connectivity index (χ1v) is 13.3. The molecule has 9 heteroatoms. The lowest BCUT2D eigenvalue weighted by atomic mass is 10.0. The number of allylic oxidation sites excluding steroid dienone is 2. The maximum atomic E-state index is 13.7. The highest BCUT2D eigenvalue weighted by Crippen LogP contribution is 2.26. The Bertz CT molecular complexity index is 1430. The van der Waals surface area contributed by atoms with Crippen LogP contribution in [0.4, 0.5) is 13.2 Å². The monoisotopic (exact) mass is 564 g/mol. The van der Waals surface area contributed by atoms with Crippen molar-refractivity contribution in [2.45, 2.75) is 44.8 Å². The number of alkyl halides is 3. The molecule has 4 rings (SSSR count). The number of hydrogen-bond donors (Lipinski definition) is 2. The van der Waals surface area contributed by atoms with Gasteiger partial charge >= 0.3 is 12.1 Å². The molecule has 0 bridgehead atoms. The molecule has 2 N–H and O–H groups in total. The van der Waals surface area contributed by atoms with Crippen molar-refractivity contribution in [3.63, 3.8) is 0 Å². The number of aryl methyl sites for hydroxylation is 1. The molecular weight excluding hydrogens is 533 g/mol. The van der Waals surface area contributed by atoms with Crippen molar-refractivity contribution >= 4 is 5.97 Å². The minimum absolute atomic E-state index is 0.0166. The molecule has 0 aliphatic rings. The second kappa shape index (κ2) is 13.7. The van der Waals surface area contributed by atoms with E-state index in [2.05, 4.69) is 10.3 Å². The van der Waals surface area contributed by atoms with Crippen molar-refractivity contribution < 1.29 is 32.2 Å². The van der Waals surface area contributed by atoms with Crippen molar-refractivity contribution in [3.8, 4) is 17.2 Å². The van der Waals surface area contributed by atoms with Gasteiger partial charge in [-0.1, -0.05) is 73.7 Å². The van der Waals surface area contributed by atoms with Gasteiger partial charge in [0.05, 0.1) is 12.3 Å². The second-order valence-corrected chi connectivity index (χ2v) is 9.40.